The quantitative estimate of drug-likeness (QED) is 0.186. The number of aromatic nitrogens is 5. The number of carbonyl (C=O) groups is 3. The van der Waals surface area contributed by atoms with E-state index >= 15 is 8.78 Å². The molecular weight excluding hydrogens is 837 g/mol. The number of piperazine rings is 1. The summed E-state index contributed by atoms with van der Waals surface area (Å²) in [4.78, 5) is 65.6. The second kappa shape index (κ2) is 15.6. The van der Waals surface area contributed by atoms with E-state index < -0.39 is 23.9 Å². The molecule has 0 bridgehead atoms. The van der Waals surface area contributed by atoms with Gasteiger partial charge >= 0.3 is 5.69 Å². The molecule has 19 heteroatoms. The third-order valence-corrected chi connectivity index (χ3v) is 15.3. The standard InChI is InChI=1S/C46H55F2N13O4/c1-49-32-20-39(53-61-37(42(63)50-2)23-51-41(32)61)59-14-11-31-28(5-4-6-33(31)59)24-55-13-12-38(46(47,48)27-55)58-25-45(26-58)21-30(22-45)57-17-15-56(16-18-57)29-7-8-34-36(19-29)54(3)44(65)60(34)35-9-10-40(62)52-43(35)64/h4-8,19-20,23,30,35,38,49H,9-18,21-22,24-27H2,1-3H3,(H,50,63)(H,52,62,64). The Hall–Kier alpha value is -5.92. The van der Waals surface area contributed by atoms with E-state index in [4.69, 9.17) is 5.10 Å². The number of aryl methyl sites for hydroxylation is 1. The Bertz CT molecular complexity index is 2800. The number of fused-ring (bicyclic) bond motifs is 3. The molecule has 2 atom stereocenters. The lowest BCUT2D eigenvalue weighted by atomic mass is 9.59. The summed E-state index contributed by atoms with van der Waals surface area (Å²) >= 11 is 0. The summed E-state index contributed by atoms with van der Waals surface area (Å²) in [7, 11) is 5.10. The van der Waals surface area contributed by atoms with E-state index in [0.29, 0.717) is 61.2 Å². The number of imidazole rings is 2. The Balaban J connectivity index is 0.677. The van der Waals surface area contributed by atoms with Gasteiger partial charge in [0.1, 0.15) is 6.04 Å². The molecule has 2 aromatic carbocycles. The summed E-state index contributed by atoms with van der Waals surface area (Å²) in [5, 5.41) is 13.0. The molecule has 8 heterocycles. The molecule has 3 aromatic heterocycles. The molecule has 3 N–H and O–H groups in total. The van der Waals surface area contributed by atoms with E-state index in [2.05, 4.69) is 52.7 Å². The van der Waals surface area contributed by atoms with Gasteiger partial charge in [0.25, 0.3) is 11.8 Å². The molecule has 3 amide bonds. The highest BCUT2D eigenvalue weighted by atomic mass is 19.3. The van der Waals surface area contributed by atoms with Gasteiger partial charge in [0.2, 0.25) is 11.8 Å². The lowest BCUT2D eigenvalue weighted by molar-refractivity contribution is -0.193. The summed E-state index contributed by atoms with van der Waals surface area (Å²) < 4.78 is 36.8. The normalized spacial score (nSPS) is 23.8. The Labute approximate surface area is 374 Å². The number of imide groups is 1. The maximum atomic E-state index is 16.1. The van der Waals surface area contributed by atoms with Crippen LogP contribution in [0.3, 0.4) is 0 Å². The third-order valence-electron chi connectivity index (χ3n) is 15.3. The molecule has 1 spiro atoms. The second-order valence-electron chi connectivity index (χ2n) is 19.1. The predicted octanol–water partition coefficient (Wildman–Crippen LogP) is 2.95. The third kappa shape index (κ3) is 6.95. The average molecular weight is 892 g/mol. The number of benzene rings is 2. The lowest BCUT2D eigenvalue weighted by Crippen LogP contribution is -2.72. The van der Waals surface area contributed by atoms with Gasteiger partial charge in [-0.05, 0) is 72.9 Å². The van der Waals surface area contributed by atoms with Crippen LogP contribution in [0.25, 0.3) is 16.7 Å². The summed E-state index contributed by atoms with van der Waals surface area (Å²) in [6.45, 7) is 6.48. The van der Waals surface area contributed by atoms with Gasteiger partial charge in [-0.25, -0.2) is 23.1 Å². The van der Waals surface area contributed by atoms with Crippen molar-refractivity contribution in [1.82, 2.24) is 49.1 Å². The molecule has 0 radical (unpaired) electrons. The molecule has 1 aliphatic carbocycles. The average Bonchev–Trinajstić information content (AvgIpc) is 3.97. The van der Waals surface area contributed by atoms with Crippen molar-refractivity contribution in [3.8, 4) is 0 Å². The highest BCUT2D eigenvalue weighted by molar-refractivity contribution is 6.00. The van der Waals surface area contributed by atoms with E-state index in [1.165, 1.54) is 10.8 Å². The van der Waals surface area contributed by atoms with Gasteiger partial charge in [0, 0.05) is 110 Å². The predicted molar refractivity (Wildman–Crippen MR) is 241 cm³/mol. The maximum absolute atomic E-state index is 16.1. The van der Waals surface area contributed by atoms with Gasteiger partial charge in [-0.1, -0.05) is 12.1 Å². The minimum atomic E-state index is -2.82. The van der Waals surface area contributed by atoms with Crippen LogP contribution in [-0.4, -0.2) is 147 Å². The Morgan fingerprint density at radius 2 is 1.71 bits per heavy atom. The summed E-state index contributed by atoms with van der Waals surface area (Å²) in [5.41, 5.74) is 7.14. The molecule has 2 unspecified atom stereocenters. The van der Waals surface area contributed by atoms with E-state index in [1.807, 2.05) is 42.3 Å². The van der Waals surface area contributed by atoms with Gasteiger partial charge in [-0.2, -0.15) is 0 Å². The summed E-state index contributed by atoms with van der Waals surface area (Å²) in [6.07, 6.45) is 5.30. The number of hydrogen-bond acceptors (Lipinski definition) is 12. The lowest BCUT2D eigenvalue weighted by Gasteiger charge is -2.64. The summed E-state index contributed by atoms with van der Waals surface area (Å²) in [6, 6.07) is 13.0. The first-order chi connectivity index (χ1) is 31.3. The molecule has 1 saturated carbocycles. The van der Waals surface area contributed by atoms with Crippen LogP contribution >= 0.6 is 0 Å². The van der Waals surface area contributed by atoms with E-state index in [-0.39, 0.29) is 35.9 Å². The molecule has 6 aliphatic rings. The van der Waals surface area contributed by atoms with Gasteiger partial charge in [-0.3, -0.25) is 43.5 Å². The number of nitrogens with one attached hydrogen (secondary N) is 3. The first kappa shape index (κ1) is 41.8. The van der Waals surface area contributed by atoms with Crippen molar-refractivity contribution in [1.29, 1.82) is 0 Å². The van der Waals surface area contributed by atoms with Crippen LogP contribution in [0.1, 0.15) is 59.8 Å². The molecule has 5 fully saturated rings. The van der Waals surface area contributed by atoms with E-state index in [9.17, 15) is 19.2 Å². The summed E-state index contributed by atoms with van der Waals surface area (Å²) in [5.74, 6) is -3.18. The smallest absolute Gasteiger partial charge is 0.329 e. The van der Waals surface area contributed by atoms with Crippen molar-refractivity contribution in [2.45, 2.75) is 69.1 Å². The molecule has 11 rings (SSSR count). The number of amides is 3. The molecular formula is C46H55F2N13O4. The highest BCUT2D eigenvalue weighted by Gasteiger charge is 2.59. The van der Waals surface area contributed by atoms with Gasteiger partial charge in [0.05, 0.1) is 35.5 Å². The Morgan fingerprint density at radius 1 is 0.908 bits per heavy atom. The van der Waals surface area contributed by atoms with Gasteiger partial charge in [-0.15, -0.1) is 5.10 Å². The van der Waals surface area contributed by atoms with Crippen molar-refractivity contribution in [2.75, 3.05) is 88.1 Å². The minimum absolute atomic E-state index is 0.131. The van der Waals surface area contributed by atoms with E-state index in [1.54, 1.807) is 23.2 Å². The number of anilines is 4. The number of carbonyl (C=O) groups excluding carboxylic acids is 3. The topological polar surface area (TPSA) is 161 Å². The number of nitrogens with zero attached hydrogens (tertiary/aromatic N) is 10. The number of alkyl halides is 2. The van der Waals surface area contributed by atoms with Crippen molar-refractivity contribution in [2.24, 2.45) is 12.5 Å². The zero-order chi connectivity index (χ0) is 44.9. The Kier molecular flexibility index (Phi) is 10.0. The fourth-order valence-electron chi connectivity index (χ4n) is 11.9. The van der Waals surface area contributed by atoms with Gasteiger partial charge in [0.15, 0.2) is 17.2 Å². The zero-order valence-electron chi connectivity index (χ0n) is 37.0. The Morgan fingerprint density at radius 3 is 2.45 bits per heavy atom. The SMILES string of the molecule is CNC(=O)c1cnc2c(NC)cc(N3CCc4c(CN5CCC(N6CC7(CC(N8CCN(c9ccc%10c(c9)n(C)c(=O)n%10C9CCC(=O)NC9=O)CC8)C7)C6)C(F)(F)C5)cccc43)nn12. The molecule has 5 aromatic rings. The van der Waals surface area contributed by atoms with Crippen molar-refractivity contribution >= 4 is 57.3 Å². The fraction of sp³-hybridized carbons (Fsp3) is 0.522. The number of halogens is 2. The van der Waals surface area contributed by atoms with Crippen molar-refractivity contribution in [3.63, 3.8) is 0 Å². The molecule has 5 aliphatic heterocycles. The fourth-order valence-corrected chi connectivity index (χ4v) is 11.9. The largest absolute Gasteiger partial charge is 0.385 e. The molecule has 65 heavy (non-hydrogen) atoms. The van der Waals surface area contributed by atoms with Crippen LogP contribution < -0.4 is 31.4 Å². The van der Waals surface area contributed by atoms with Crippen LogP contribution in [0.4, 0.5) is 31.7 Å². The van der Waals surface area contributed by atoms with Crippen LogP contribution in [0.5, 0.6) is 0 Å². The van der Waals surface area contributed by atoms with E-state index in [0.717, 1.165) is 92.2 Å². The minimum Gasteiger partial charge on any atom is -0.385 e. The number of likely N-dealkylation sites (tertiary alicyclic amines) is 2. The monoisotopic (exact) mass is 891 g/mol. The number of rotatable bonds is 9. The van der Waals surface area contributed by atoms with Gasteiger partial charge < -0.3 is 20.4 Å². The first-order valence-electron chi connectivity index (χ1n) is 22.9. The maximum Gasteiger partial charge on any atom is 0.329 e. The van der Waals surface area contributed by atoms with Crippen LogP contribution in [-0.2, 0) is 29.6 Å². The first-order valence-corrected chi connectivity index (χ1v) is 22.9. The molecule has 17 nitrogen and oxygen atoms in total. The van der Waals surface area contributed by atoms with Crippen LogP contribution in [0.2, 0.25) is 0 Å². The zero-order valence-corrected chi connectivity index (χ0v) is 37.0. The number of piperidine rings is 2. The van der Waals surface area contributed by atoms with Crippen molar-refractivity contribution < 1.29 is 23.2 Å². The molecule has 342 valence electrons. The van der Waals surface area contributed by atoms with Crippen molar-refractivity contribution in [3.05, 3.63) is 76.0 Å². The van der Waals surface area contributed by atoms with Crippen LogP contribution in [0, 0.1) is 5.41 Å². The second-order valence-corrected chi connectivity index (χ2v) is 19.1. The highest BCUT2D eigenvalue weighted by Crippen LogP contribution is 2.53. The molecule has 4 saturated heterocycles. The van der Waals surface area contributed by atoms with Crippen LogP contribution in [0.15, 0.2) is 53.5 Å². The number of hydrogen-bond donors (Lipinski definition) is 3.